The lowest BCUT2D eigenvalue weighted by Gasteiger charge is -2.18. The molecule has 3 N–H and O–H groups in total. The van der Waals surface area contributed by atoms with E-state index in [1.165, 1.54) is 6.07 Å². The fourth-order valence-electron chi connectivity index (χ4n) is 2.06. The standard InChI is InChI=1S/C16H18N2O2/c1-18(11-13-5-2-4-12(8-13)10-17)16(20)14-6-3-7-15(19)9-14/h2-9,19H,10-11,17H2,1H3. The highest BCUT2D eigenvalue weighted by Gasteiger charge is 2.12. The van der Waals surface area contributed by atoms with Gasteiger partial charge in [0.25, 0.3) is 5.91 Å². The highest BCUT2D eigenvalue weighted by Crippen LogP contribution is 2.14. The smallest absolute Gasteiger partial charge is 0.254 e. The van der Waals surface area contributed by atoms with Gasteiger partial charge in [0.05, 0.1) is 0 Å². The molecule has 2 rings (SSSR count). The second-order valence-corrected chi connectivity index (χ2v) is 4.74. The molecule has 0 unspecified atom stereocenters. The number of benzene rings is 2. The number of amides is 1. The highest BCUT2D eigenvalue weighted by molar-refractivity contribution is 5.94. The van der Waals surface area contributed by atoms with Crippen molar-refractivity contribution in [2.24, 2.45) is 5.73 Å². The van der Waals surface area contributed by atoms with Gasteiger partial charge in [0.1, 0.15) is 5.75 Å². The molecule has 0 aliphatic heterocycles. The maximum atomic E-state index is 12.2. The van der Waals surface area contributed by atoms with Crippen LogP contribution in [0.1, 0.15) is 21.5 Å². The molecular weight excluding hydrogens is 252 g/mol. The van der Waals surface area contributed by atoms with Crippen LogP contribution in [0.3, 0.4) is 0 Å². The van der Waals surface area contributed by atoms with Crippen molar-refractivity contribution < 1.29 is 9.90 Å². The van der Waals surface area contributed by atoms with Gasteiger partial charge in [-0.05, 0) is 29.3 Å². The molecule has 0 aromatic heterocycles. The molecule has 1 amide bonds. The number of phenols is 1. The topological polar surface area (TPSA) is 66.6 Å². The van der Waals surface area contributed by atoms with Gasteiger partial charge in [-0.2, -0.15) is 0 Å². The third-order valence-corrected chi connectivity index (χ3v) is 3.09. The molecule has 4 heteroatoms. The summed E-state index contributed by atoms with van der Waals surface area (Å²) in [5.74, 6) is -0.0339. The fraction of sp³-hybridized carbons (Fsp3) is 0.188. The predicted octanol–water partition coefficient (Wildman–Crippen LogP) is 2.12. The molecule has 0 radical (unpaired) electrons. The van der Waals surface area contributed by atoms with Crippen LogP contribution in [0.25, 0.3) is 0 Å². The Bertz CT molecular complexity index is 611. The van der Waals surface area contributed by atoms with Crippen LogP contribution in [0, 0.1) is 0 Å². The van der Waals surface area contributed by atoms with E-state index in [2.05, 4.69) is 0 Å². The van der Waals surface area contributed by atoms with Crippen LogP contribution in [-0.4, -0.2) is 23.0 Å². The first-order valence-electron chi connectivity index (χ1n) is 6.42. The van der Waals surface area contributed by atoms with Crippen molar-refractivity contribution in [3.63, 3.8) is 0 Å². The van der Waals surface area contributed by atoms with E-state index in [1.807, 2.05) is 24.3 Å². The number of aromatic hydroxyl groups is 1. The fourth-order valence-corrected chi connectivity index (χ4v) is 2.06. The maximum Gasteiger partial charge on any atom is 0.254 e. The summed E-state index contributed by atoms with van der Waals surface area (Å²) >= 11 is 0. The molecule has 20 heavy (non-hydrogen) atoms. The zero-order valence-corrected chi connectivity index (χ0v) is 11.4. The normalized spacial score (nSPS) is 10.3. The summed E-state index contributed by atoms with van der Waals surface area (Å²) in [7, 11) is 1.74. The van der Waals surface area contributed by atoms with Crippen molar-refractivity contribution in [3.05, 3.63) is 65.2 Å². The number of nitrogens with zero attached hydrogens (tertiary/aromatic N) is 1. The minimum absolute atomic E-state index is 0.0920. The van der Waals surface area contributed by atoms with Gasteiger partial charge in [0.15, 0.2) is 0 Å². The minimum atomic E-state index is -0.126. The molecule has 4 nitrogen and oxygen atoms in total. The molecule has 0 saturated heterocycles. The summed E-state index contributed by atoms with van der Waals surface area (Å²) in [6.45, 7) is 0.986. The number of nitrogens with two attached hydrogens (primary N) is 1. The molecule has 2 aromatic carbocycles. The Morgan fingerprint density at radius 3 is 2.55 bits per heavy atom. The lowest BCUT2D eigenvalue weighted by atomic mass is 10.1. The SMILES string of the molecule is CN(Cc1cccc(CN)c1)C(=O)c1cccc(O)c1. The van der Waals surface area contributed by atoms with E-state index in [9.17, 15) is 9.90 Å². The van der Waals surface area contributed by atoms with Crippen LogP contribution in [0.4, 0.5) is 0 Å². The lowest BCUT2D eigenvalue weighted by Crippen LogP contribution is -2.26. The number of carbonyl (C=O) groups excluding carboxylic acids is 1. The second kappa shape index (κ2) is 6.21. The van der Waals surface area contributed by atoms with Crippen LogP contribution in [0.5, 0.6) is 5.75 Å². The Morgan fingerprint density at radius 1 is 1.15 bits per heavy atom. The van der Waals surface area contributed by atoms with E-state index >= 15 is 0 Å². The first-order valence-corrected chi connectivity index (χ1v) is 6.42. The predicted molar refractivity (Wildman–Crippen MR) is 78.2 cm³/mol. The number of hydrogen-bond acceptors (Lipinski definition) is 3. The van der Waals surface area contributed by atoms with Gasteiger partial charge in [-0.15, -0.1) is 0 Å². The average Bonchev–Trinajstić information content (AvgIpc) is 2.46. The van der Waals surface area contributed by atoms with Crippen LogP contribution >= 0.6 is 0 Å². The Balaban J connectivity index is 2.11. The molecule has 2 aromatic rings. The summed E-state index contributed by atoms with van der Waals surface area (Å²) < 4.78 is 0. The zero-order valence-electron chi connectivity index (χ0n) is 11.4. The average molecular weight is 270 g/mol. The first-order chi connectivity index (χ1) is 9.60. The highest BCUT2D eigenvalue weighted by atomic mass is 16.3. The van der Waals surface area contributed by atoms with Crippen molar-refractivity contribution >= 4 is 5.91 Å². The number of rotatable bonds is 4. The Morgan fingerprint density at radius 2 is 1.85 bits per heavy atom. The summed E-state index contributed by atoms with van der Waals surface area (Å²) in [6, 6.07) is 14.2. The van der Waals surface area contributed by atoms with Crippen molar-refractivity contribution in [1.29, 1.82) is 0 Å². The molecule has 0 atom stereocenters. The number of phenolic OH excluding ortho intramolecular Hbond substituents is 1. The summed E-state index contributed by atoms with van der Waals surface area (Å²) in [5.41, 5.74) is 8.16. The van der Waals surface area contributed by atoms with Gasteiger partial charge >= 0.3 is 0 Å². The van der Waals surface area contributed by atoms with Gasteiger partial charge in [-0.1, -0.05) is 30.3 Å². The van der Waals surface area contributed by atoms with E-state index in [-0.39, 0.29) is 11.7 Å². The Hall–Kier alpha value is -2.33. The zero-order chi connectivity index (χ0) is 14.5. The van der Waals surface area contributed by atoms with Crippen molar-refractivity contribution in [2.45, 2.75) is 13.1 Å². The van der Waals surface area contributed by atoms with Crippen LogP contribution in [-0.2, 0) is 13.1 Å². The molecule has 0 fully saturated rings. The molecular formula is C16H18N2O2. The third-order valence-electron chi connectivity index (χ3n) is 3.09. The third kappa shape index (κ3) is 3.36. The molecule has 0 saturated carbocycles. The molecule has 0 aliphatic rings. The number of hydrogen-bond donors (Lipinski definition) is 2. The van der Waals surface area contributed by atoms with Gasteiger partial charge in [-0.3, -0.25) is 4.79 Å². The van der Waals surface area contributed by atoms with E-state index in [1.54, 1.807) is 30.1 Å². The molecule has 0 spiro atoms. The molecule has 104 valence electrons. The summed E-state index contributed by atoms with van der Waals surface area (Å²) in [6.07, 6.45) is 0. The Kier molecular flexibility index (Phi) is 4.38. The second-order valence-electron chi connectivity index (χ2n) is 4.74. The van der Waals surface area contributed by atoms with Crippen molar-refractivity contribution in [2.75, 3.05) is 7.05 Å². The first kappa shape index (κ1) is 14.1. The van der Waals surface area contributed by atoms with E-state index in [0.29, 0.717) is 18.7 Å². The molecule has 0 aliphatic carbocycles. The van der Waals surface area contributed by atoms with E-state index in [0.717, 1.165) is 11.1 Å². The van der Waals surface area contributed by atoms with Crippen molar-refractivity contribution in [3.8, 4) is 5.75 Å². The Labute approximate surface area is 118 Å². The van der Waals surface area contributed by atoms with Crippen LogP contribution in [0.2, 0.25) is 0 Å². The van der Waals surface area contributed by atoms with Crippen LogP contribution < -0.4 is 5.73 Å². The van der Waals surface area contributed by atoms with Gasteiger partial charge in [-0.25, -0.2) is 0 Å². The quantitative estimate of drug-likeness (QED) is 0.894. The van der Waals surface area contributed by atoms with E-state index < -0.39 is 0 Å². The number of carbonyl (C=O) groups is 1. The minimum Gasteiger partial charge on any atom is -0.508 e. The van der Waals surface area contributed by atoms with Crippen LogP contribution in [0.15, 0.2) is 48.5 Å². The van der Waals surface area contributed by atoms with Gasteiger partial charge in [0.2, 0.25) is 0 Å². The van der Waals surface area contributed by atoms with Gasteiger partial charge in [0, 0.05) is 25.7 Å². The maximum absolute atomic E-state index is 12.2. The summed E-state index contributed by atoms with van der Waals surface area (Å²) in [4.78, 5) is 13.9. The largest absolute Gasteiger partial charge is 0.508 e. The molecule has 0 heterocycles. The molecule has 0 bridgehead atoms. The lowest BCUT2D eigenvalue weighted by molar-refractivity contribution is 0.0784. The van der Waals surface area contributed by atoms with Gasteiger partial charge < -0.3 is 15.7 Å². The van der Waals surface area contributed by atoms with Crippen molar-refractivity contribution in [1.82, 2.24) is 4.90 Å². The summed E-state index contributed by atoms with van der Waals surface area (Å²) in [5, 5.41) is 9.42. The monoisotopic (exact) mass is 270 g/mol. The van der Waals surface area contributed by atoms with E-state index in [4.69, 9.17) is 5.73 Å².